The highest BCUT2D eigenvalue weighted by molar-refractivity contribution is 7.09. The van der Waals surface area contributed by atoms with E-state index < -0.39 is 0 Å². The Balaban J connectivity index is 1.81. The van der Waals surface area contributed by atoms with Gasteiger partial charge in [-0.15, -0.1) is 11.3 Å². The zero-order valence-electron chi connectivity index (χ0n) is 14.1. The number of carbonyl (C=O) groups is 1. The van der Waals surface area contributed by atoms with Crippen LogP contribution in [-0.4, -0.2) is 18.0 Å². The first-order valence-electron chi connectivity index (χ1n) is 8.12. The average molecular weight is 352 g/mol. The molecular weight excluding hydrogens is 332 g/mol. The van der Waals surface area contributed by atoms with Crippen LogP contribution in [0.4, 0.5) is 5.69 Å². The Kier molecular flexibility index (Phi) is 5.80. The minimum Gasteiger partial charge on any atom is -0.497 e. The lowest BCUT2D eigenvalue weighted by Crippen LogP contribution is -2.30. The number of rotatable bonds is 7. The Bertz CT molecular complexity index is 804. The molecule has 1 aromatic carbocycles. The molecule has 0 saturated carbocycles. The molecule has 0 radical (unpaired) electrons. The zero-order chi connectivity index (χ0) is 17.5. The van der Waals surface area contributed by atoms with Crippen LogP contribution in [-0.2, 0) is 17.8 Å². The molecule has 0 atom stereocenters. The van der Waals surface area contributed by atoms with Crippen LogP contribution in [0.1, 0.15) is 16.9 Å². The van der Waals surface area contributed by atoms with Crippen LogP contribution in [0.25, 0.3) is 0 Å². The van der Waals surface area contributed by atoms with Crippen LogP contribution in [0.15, 0.2) is 66.3 Å². The van der Waals surface area contributed by atoms with Gasteiger partial charge in [-0.05, 0) is 41.6 Å². The Hall–Kier alpha value is -2.66. The Labute approximate surface area is 151 Å². The molecule has 0 spiro atoms. The molecule has 2 aromatic heterocycles. The molecule has 1 amide bonds. The van der Waals surface area contributed by atoms with Crippen molar-refractivity contribution in [3.8, 4) is 5.75 Å². The third kappa shape index (κ3) is 4.67. The molecular formula is C20H20N2O2S. The lowest BCUT2D eigenvalue weighted by molar-refractivity contribution is -0.118. The number of thiophene rings is 1. The minimum absolute atomic E-state index is 0.0884. The molecule has 0 bridgehead atoms. The second-order valence-corrected chi connectivity index (χ2v) is 6.65. The summed E-state index contributed by atoms with van der Waals surface area (Å²) in [6.45, 7) is 0.490. The van der Waals surface area contributed by atoms with E-state index in [1.807, 2.05) is 47.8 Å². The van der Waals surface area contributed by atoms with Gasteiger partial charge in [0.1, 0.15) is 5.75 Å². The molecule has 3 aromatic rings. The van der Waals surface area contributed by atoms with Gasteiger partial charge < -0.3 is 9.64 Å². The highest BCUT2D eigenvalue weighted by atomic mass is 32.1. The number of methoxy groups -OCH3 is 1. The zero-order valence-corrected chi connectivity index (χ0v) is 14.9. The van der Waals surface area contributed by atoms with Crippen LogP contribution in [0, 0.1) is 0 Å². The lowest BCUT2D eigenvalue weighted by Gasteiger charge is -2.23. The molecule has 0 saturated heterocycles. The third-order valence-corrected chi connectivity index (χ3v) is 4.83. The number of ether oxygens (including phenoxy) is 1. The van der Waals surface area contributed by atoms with Gasteiger partial charge in [0, 0.05) is 35.4 Å². The molecule has 128 valence electrons. The molecule has 0 aliphatic heterocycles. The monoisotopic (exact) mass is 352 g/mol. The quantitative estimate of drug-likeness (QED) is 0.636. The van der Waals surface area contributed by atoms with Crippen molar-refractivity contribution in [3.05, 3.63) is 76.7 Å². The van der Waals surface area contributed by atoms with Gasteiger partial charge >= 0.3 is 0 Å². The third-order valence-electron chi connectivity index (χ3n) is 3.89. The van der Waals surface area contributed by atoms with Crippen LogP contribution in [0.5, 0.6) is 5.75 Å². The number of anilines is 1. The minimum atomic E-state index is 0.0884. The molecule has 3 rings (SSSR count). The molecule has 25 heavy (non-hydrogen) atoms. The molecule has 0 N–H and O–H groups in total. The van der Waals surface area contributed by atoms with E-state index in [-0.39, 0.29) is 5.91 Å². The van der Waals surface area contributed by atoms with E-state index >= 15 is 0 Å². The van der Waals surface area contributed by atoms with Crippen LogP contribution < -0.4 is 9.64 Å². The van der Waals surface area contributed by atoms with Gasteiger partial charge in [0.25, 0.3) is 0 Å². The Morgan fingerprint density at radius 2 is 2.12 bits per heavy atom. The molecule has 0 aliphatic carbocycles. The van der Waals surface area contributed by atoms with Crippen molar-refractivity contribution >= 4 is 22.9 Å². The summed E-state index contributed by atoms with van der Waals surface area (Å²) in [7, 11) is 1.63. The number of hydrogen-bond acceptors (Lipinski definition) is 4. The summed E-state index contributed by atoms with van der Waals surface area (Å²) in [6, 6.07) is 15.5. The van der Waals surface area contributed by atoms with Crippen molar-refractivity contribution in [1.82, 2.24) is 4.98 Å². The number of aryl methyl sites for hydroxylation is 1. The first kappa shape index (κ1) is 17.2. The maximum atomic E-state index is 12.9. The van der Waals surface area contributed by atoms with E-state index in [2.05, 4.69) is 11.1 Å². The van der Waals surface area contributed by atoms with Crippen molar-refractivity contribution in [2.75, 3.05) is 12.0 Å². The van der Waals surface area contributed by atoms with E-state index in [9.17, 15) is 4.79 Å². The summed E-state index contributed by atoms with van der Waals surface area (Å²) in [6.07, 6.45) is 4.75. The van der Waals surface area contributed by atoms with Crippen molar-refractivity contribution in [2.45, 2.75) is 19.4 Å². The summed E-state index contributed by atoms with van der Waals surface area (Å²) in [4.78, 5) is 20.1. The molecule has 2 heterocycles. The largest absolute Gasteiger partial charge is 0.497 e. The topological polar surface area (TPSA) is 42.4 Å². The van der Waals surface area contributed by atoms with Gasteiger partial charge in [-0.25, -0.2) is 0 Å². The predicted octanol–water partition coefficient (Wildman–Crippen LogP) is 4.32. The summed E-state index contributed by atoms with van der Waals surface area (Å²) < 4.78 is 5.31. The summed E-state index contributed by atoms with van der Waals surface area (Å²) in [5.41, 5.74) is 1.83. The first-order chi connectivity index (χ1) is 12.3. The molecule has 0 aliphatic rings. The summed E-state index contributed by atoms with van der Waals surface area (Å²) in [5.74, 6) is 0.824. The predicted molar refractivity (Wildman–Crippen MR) is 101 cm³/mol. The van der Waals surface area contributed by atoms with E-state index in [0.717, 1.165) is 23.4 Å². The van der Waals surface area contributed by atoms with Crippen LogP contribution >= 0.6 is 11.3 Å². The lowest BCUT2D eigenvalue weighted by atomic mass is 10.2. The number of hydrogen-bond donors (Lipinski definition) is 0. The number of pyridine rings is 1. The van der Waals surface area contributed by atoms with Gasteiger partial charge in [0.2, 0.25) is 5.91 Å². The van der Waals surface area contributed by atoms with E-state index in [4.69, 9.17) is 4.74 Å². The fourth-order valence-electron chi connectivity index (χ4n) is 2.60. The fraction of sp³-hybridized carbons (Fsp3) is 0.200. The van der Waals surface area contributed by atoms with Gasteiger partial charge in [0.15, 0.2) is 0 Å². The number of amides is 1. The van der Waals surface area contributed by atoms with Gasteiger partial charge in [0.05, 0.1) is 13.7 Å². The van der Waals surface area contributed by atoms with Crippen molar-refractivity contribution in [2.24, 2.45) is 0 Å². The highest BCUT2D eigenvalue weighted by Crippen LogP contribution is 2.24. The van der Waals surface area contributed by atoms with Crippen molar-refractivity contribution in [1.29, 1.82) is 0 Å². The number of carbonyl (C=O) groups excluding carboxylic acids is 1. The molecule has 4 nitrogen and oxygen atoms in total. The second kappa shape index (κ2) is 8.44. The SMILES string of the molecule is COc1cccc(N(Cc2cccnc2)C(=O)CCc2cccs2)c1. The van der Waals surface area contributed by atoms with Crippen LogP contribution in [0.3, 0.4) is 0 Å². The second-order valence-electron chi connectivity index (χ2n) is 5.62. The maximum absolute atomic E-state index is 12.9. The van der Waals surface area contributed by atoms with Crippen molar-refractivity contribution < 1.29 is 9.53 Å². The average Bonchev–Trinajstić information content (AvgIpc) is 3.18. The highest BCUT2D eigenvalue weighted by Gasteiger charge is 2.17. The Morgan fingerprint density at radius 1 is 1.20 bits per heavy atom. The van der Waals surface area contributed by atoms with Crippen LogP contribution in [0.2, 0.25) is 0 Å². The standard InChI is InChI=1S/C20H20N2O2S/c1-24-18-7-2-6-17(13-18)22(15-16-5-3-11-21-14-16)20(23)10-9-19-8-4-12-25-19/h2-8,11-14H,9-10,15H2,1H3. The van der Waals surface area contributed by atoms with E-state index in [1.54, 1.807) is 35.7 Å². The summed E-state index contributed by atoms with van der Waals surface area (Å²) >= 11 is 1.68. The van der Waals surface area contributed by atoms with E-state index in [0.29, 0.717) is 13.0 Å². The smallest absolute Gasteiger partial charge is 0.227 e. The van der Waals surface area contributed by atoms with E-state index in [1.165, 1.54) is 4.88 Å². The normalized spacial score (nSPS) is 10.4. The molecule has 5 heteroatoms. The van der Waals surface area contributed by atoms with Gasteiger partial charge in [-0.1, -0.05) is 18.2 Å². The fourth-order valence-corrected chi connectivity index (χ4v) is 3.30. The van der Waals surface area contributed by atoms with Gasteiger partial charge in [-0.2, -0.15) is 0 Å². The number of benzene rings is 1. The van der Waals surface area contributed by atoms with Crippen molar-refractivity contribution in [3.63, 3.8) is 0 Å². The molecule has 0 fully saturated rings. The first-order valence-corrected chi connectivity index (χ1v) is 9.00. The number of aromatic nitrogens is 1. The summed E-state index contributed by atoms with van der Waals surface area (Å²) in [5, 5.41) is 2.04. The van der Waals surface area contributed by atoms with Gasteiger partial charge in [-0.3, -0.25) is 9.78 Å². The number of nitrogens with zero attached hydrogens (tertiary/aromatic N) is 2. The molecule has 0 unspecified atom stereocenters. The maximum Gasteiger partial charge on any atom is 0.227 e. The Morgan fingerprint density at radius 3 is 2.84 bits per heavy atom.